The zero-order valence-corrected chi connectivity index (χ0v) is 84.6. The number of nitrogens with zero attached hydrogens (tertiary/aromatic N) is 21. The normalized spacial score (nSPS) is 22.6. The number of aliphatic imine (C=N–C) groups is 4. The number of anilines is 4. The lowest BCUT2D eigenvalue weighted by atomic mass is 9.93. The molecule has 4 amide bonds. The predicted molar refractivity (Wildman–Crippen MR) is 512 cm³/mol. The summed E-state index contributed by atoms with van der Waals surface area (Å²) in [4.78, 5) is 201. The minimum atomic E-state index is -1.18. The number of nitrogens with one attached hydrogen (secondary N) is 7. The number of hydrogen-bond donors (Lipinski definition) is 11. The molecule has 0 spiro atoms. The Hall–Kier alpha value is -13.8. The van der Waals surface area contributed by atoms with E-state index in [1.165, 1.54) is 35.0 Å². The first-order valence-corrected chi connectivity index (χ1v) is 45.5. The fourth-order valence-electron chi connectivity index (χ4n) is 18.2. The standard InChI is InChI=1S/C20H30N6O7.C20H30N6O6.C20H30N6O5.C17H26N6O4.C12H19N5O/c1-11-13(7-14(33-30)12(8-32-10-27)23-19(29)31-6)26-17(28)15-16(24(5)18(26)22-11)25(9-21-15)20(2,3)4;1-11-13(7-14(28)12(8-32-10-27)23-19(30)31-6)26-17(29)15-16(24(5)18(26)22-11)25(9-21-15)20(2,3)4;1-12-14(8-7-13(9-31-11-27)23-19(29)30-6)26-17(28)15-16(24(5)18(26)22-12)25(10-21-15)20(2,3)4;1-9-10(6-11(25)13(18)27-8-24)23-15(26)12-14(21(5)16(23)20-9)22(7-19-12)17(2,3)4;1-6(13)7-5-17(12(2,3)4)9-8(7)10(18)16-11(14)15-9/h9-10,12,14-16,30H,7-8H2,1-6H3,(H,23,29);9-10,12,14-16,28H,7-8H2,1-6H3,(H,23,30);10-11,13,15-16H,7-9H2,1-6H3,(H,23,29);7-8,11-14,25H,6,18H2,1-5H3;5,8-9,13H,1-4H3,(H3,14,15,16,18). The van der Waals surface area contributed by atoms with E-state index in [-0.39, 0.29) is 153 Å². The molecule has 1 fully saturated rings. The second-order valence-electron chi connectivity index (χ2n) is 40.2. The number of likely N-dealkylation sites (N-methyl/N-ethyl adjacent to an activating group) is 4. The molecule has 774 valence electrons. The molecule has 14 rings (SSSR count). The van der Waals surface area contributed by atoms with E-state index >= 15 is 0 Å². The number of aliphatic hydroxyl groups is 2. The molecule has 141 heavy (non-hydrogen) atoms. The first kappa shape index (κ1) is 109. The van der Waals surface area contributed by atoms with Gasteiger partial charge in [-0.1, -0.05) is 0 Å². The highest BCUT2D eigenvalue weighted by Crippen LogP contribution is 2.42. The van der Waals surface area contributed by atoms with Crippen molar-refractivity contribution in [1.82, 2.24) is 89.3 Å². The van der Waals surface area contributed by atoms with Crippen LogP contribution in [0.1, 0.15) is 182 Å². The molecule has 4 aromatic rings. The van der Waals surface area contributed by atoms with Crippen molar-refractivity contribution < 1.29 is 111 Å². The fourth-order valence-corrected chi connectivity index (χ4v) is 18.2. The van der Waals surface area contributed by atoms with E-state index in [0.717, 1.165) is 11.4 Å². The molecule has 14 heterocycles. The number of fused-ring (bicyclic) bond motifs is 9. The molecule has 0 saturated carbocycles. The van der Waals surface area contributed by atoms with Gasteiger partial charge < -0.3 is 114 Å². The molecule has 0 aliphatic carbocycles. The van der Waals surface area contributed by atoms with Crippen molar-refractivity contribution in [2.75, 3.05) is 88.9 Å². The monoisotopic (exact) mass is 1980 g/mol. The number of guanidine groups is 1. The van der Waals surface area contributed by atoms with Crippen LogP contribution in [0.3, 0.4) is 0 Å². The maximum Gasteiger partial charge on any atom is 0.407 e. The highest BCUT2D eigenvalue weighted by Gasteiger charge is 2.56. The van der Waals surface area contributed by atoms with E-state index in [9.17, 15) is 73.0 Å². The Morgan fingerprint density at radius 1 is 0.489 bits per heavy atom. The van der Waals surface area contributed by atoms with Crippen LogP contribution in [0.2, 0.25) is 0 Å². The Bertz CT molecular complexity index is 5510. The van der Waals surface area contributed by atoms with Gasteiger partial charge in [0, 0.05) is 92.6 Å². The van der Waals surface area contributed by atoms with Gasteiger partial charge in [0.1, 0.15) is 68.8 Å². The zero-order valence-electron chi connectivity index (χ0n) is 84.6. The van der Waals surface area contributed by atoms with Gasteiger partial charge in [0.05, 0.1) is 116 Å². The van der Waals surface area contributed by atoms with Crippen molar-refractivity contribution in [1.29, 1.82) is 10.8 Å². The molecule has 10 aliphatic rings. The molecule has 52 heteroatoms. The van der Waals surface area contributed by atoms with Crippen molar-refractivity contribution >= 4 is 135 Å². The topological polar surface area (TPSA) is 623 Å². The Balaban J connectivity index is 0.000000183. The molecule has 52 nitrogen and oxygen atoms in total. The summed E-state index contributed by atoms with van der Waals surface area (Å²) < 4.78 is 38.7. The van der Waals surface area contributed by atoms with Crippen LogP contribution in [-0.4, -0.2) is 384 Å². The van der Waals surface area contributed by atoms with Gasteiger partial charge in [0.15, 0.2) is 36.4 Å². The van der Waals surface area contributed by atoms with Gasteiger partial charge in [0.25, 0.3) is 49.5 Å². The summed E-state index contributed by atoms with van der Waals surface area (Å²) in [5, 5.41) is 59.0. The molecule has 0 radical (unpaired) electrons. The van der Waals surface area contributed by atoms with Crippen LogP contribution < -0.4 is 51.9 Å². The van der Waals surface area contributed by atoms with Gasteiger partial charge in [-0.05, 0) is 151 Å². The SMILES string of the molecule is CC(=N)C1=CN(C(C)(C)C)C2NC(=N)NC(=O)C12.COC(=O)NC(CCc1c(C)nc2n1C(=O)C1N=CN(C(C)(C)C)C1N2C)COC=O.COC(=O)NC(COC=O)C(Cc1c(C)nc2n1C(=O)C1N=CN(C(C)(C)C)C1N2C)OO.COC(=O)NC(COC=O)C(O)Cc1c(C)nc2n1C(=O)C1N=CN(C(C)(C)C)C1N2C.Cc1nc2n(c1CC(O)C(N)OC=O)C(=O)C1N=CN(C(C)(C)C)C1N2C. The Labute approximate surface area is 816 Å². The lowest BCUT2D eigenvalue weighted by Crippen LogP contribution is -2.64. The highest BCUT2D eigenvalue weighted by molar-refractivity contribution is 6.08. The van der Waals surface area contributed by atoms with E-state index in [1.54, 1.807) is 57.6 Å². The van der Waals surface area contributed by atoms with Crippen LogP contribution in [0.25, 0.3) is 0 Å². The number of methoxy groups -OCH3 is 3. The number of carbonyl (C=O) groups excluding carboxylic acids is 12. The number of aliphatic hydroxyl groups excluding tert-OH is 2. The first-order chi connectivity index (χ1) is 65.9. The van der Waals surface area contributed by atoms with Crippen molar-refractivity contribution in [3.63, 3.8) is 0 Å². The van der Waals surface area contributed by atoms with Crippen LogP contribution in [0.4, 0.5) is 38.2 Å². The largest absolute Gasteiger partial charge is 0.466 e. The molecule has 12 N–H and O–H groups in total. The van der Waals surface area contributed by atoms with E-state index in [0.29, 0.717) is 88.6 Å². The van der Waals surface area contributed by atoms with Crippen LogP contribution in [0.15, 0.2) is 31.7 Å². The Morgan fingerprint density at radius 3 is 1.16 bits per heavy atom. The molecule has 1 saturated heterocycles. The minimum Gasteiger partial charge on any atom is -0.466 e. The lowest BCUT2D eigenvalue weighted by Gasteiger charge is -2.44. The number of nitrogens with two attached hydrogens (primary N) is 1. The summed E-state index contributed by atoms with van der Waals surface area (Å²) in [5.74, 6) is 0.509. The molecule has 0 bridgehead atoms. The molecule has 17 atom stereocenters. The smallest absolute Gasteiger partial charge is 0.407 e. The van der Waals surface area contributed by atoms with E-state index in [1.807, 2.05) is 143 Å². The van der Waals surface area contributed by atoms with Crippen molar-refractivity contribution in [2.45, 2.75) is 296 Å². The van der Waals surface area contributed by atoms with E-state index in [4.69, 9.17) is 30.8 Å². The summed E-state index contributed by atoms with van der Waals surface area (Å²) >= 11 is 0. The van der Waals surface area contributed by atoms with Gasteiger partial charge >= 0.3 is 18.3 Å². The number of imidazole rings is 4. The van der Waals surface area contributed by atoms with Crippen LogP contribution in [0.5, 0.6) is 0 Å². The summed E-state index contributed by atoms with van der Waals surface area (Å²) in [6.45, 7) is 40.0. The predicted octanol–water partition coefficient (Wildman–Crippen LogP) is 1.39. The van der Waals surface area contributed by atoms with Gasteiger partial charge in [-0.2, -0.15) is 0 Å². The summed E-state index contributed by atoms with van der Waals surface area (Å²) in [6.07, 6.45) is 1.39. The van der Waals surface area contributed by atoms with E-state index in [2.05, 4.69) is 137 Å². The Kier molecular flexibility index (Phi) is 33.7. The van der Waals surface area contributed by atoms with E-state index < -0.39 is 91.0 Å². The number of hydrogen-bond acceptors (Lipinski definition) is 43. The zero-order chi connectivity index (χ0) is 105. The second-order valence-corrected chi connectivity index (χ2v) is 40.2. The molecule has 4 aromatic heterocycles. The van der Waals surface area contributed by atoms with Crippen molar-refractivity contribution in [3.8, 4) is 0 Å². The van der Waals surface area contributed by atoms with Crippen molar-refractivity contribution in [2.24, 2.45) is 31.6 Å². The number of carbonyl (C=O) groups is 12. The van der Waals surface area contributed by atoms with Crippen molar-refractivity contribution in [3.05, 3.63) is 57.3 Å². The number of aromatic nitrogens is 8. The lowest BCUT2D eigenvalue weighted by molar-refractivity contribution is -0.285. The molecule has 17 unspecified atom stereocenters. The summed E-state index contributed by atoms with van der Waals surface area (Å²) in [6, 6.07) is -4.80. The van der Waals surface area contributed by atoms with Gasteiger partial charge in [-0.25, -0.2) is 39.2 Å². The van der Waals surface area contributed by atoms with Crippen LogP contribution in [0, 0.1) is 44.4 Å². The van der Waals surface area contributed by atoms with Gasteiger partial charge in [-0.3, -0.25) is 103 Å². The maximum absolute atomic E-state index is 13.5. The highest BCUT2D eigenvalue weighted by atomic mass is 17.1. The molecular weight excluding hydrogens is 1840 g/mol. The van der Waals surface area contributed by atoms with Gasteiger partial charge in [0.2, 0.25) is 29.7 Å². The Morgan fingerprint density at radius 2 is 0.816 bits per heavy atom. The number of alkyl carbamates (subject to hydrolysis) is 3. The quantitative estimate of drug-likeness (QED) is 0.00955. The second kappa shape index (κ2) is 43.5. The van der Waals surface area contributed by atoms with Crippen LogP contribution >= 0.6 is 0 Å². The fraction of sp³-hybridized carbons (Fsp3) is 0.640. The molecule has 0 aromatic carbocycles. The minimum absolute atomic E-state index is 0.00201. The third-order valence-electron chi connectivity index (χ3n) is 25.5. The first-order valence-electron chi connectivity index (χ1n) is 45.5. The maximum atomic E-state index is 13.5. The number of aryl methyl sites for hydroxylation is 4. The number of rotatable bonds is 28. The molecular formula is C89H135N29O23. The van der Waals surface area contributed by atoms with Gasteiger partial charge in [-0.15, -0.1) is 0 Å². The van der Waals surface area contributed by atoms with Crippen LogP contribution in [-0.2, 0) is 87.7 Å². The number of amides is 4. The number of ether oxygens (including phenoxy) is 7. The summed E-state index contributed by atoms with van der Waals surface area (Å²) in [5.41, 5.74) is 10.3. The summed E-state index contributed by atoms with van der Waals surface area (Å²) in [7, 11) is 11.1. The third kappa shape index (κ3) is 22.8. The average molecular weight is 1980 g/mol. The molecule has 10 aliphatic heterocycles. The average Bonchev–Trinajstić information content (AvgIpc) is 1.58. The third-order valence-corrected chi connectivity index (χ3v) is 25.5.